The predicted molar refractivity (Wildman–Crippen MR) is 160 cm³/mol. The van der Waals surface area contributed by atoms with Crippen LogP contribution in [0.2, 0.25) is 0 Å². The van der Waals surface area contributed by atoms with Crippen molar-refractivity contribution in [2.24, 2.45) is 0 Å². The molecular weight excluding hydrogens is 476 g/mol. The standard InChI is InChI=1S/C35H22N4/c1-2-9-23(10-3-1)24-16-18-25(19-17-24)33-35(37-30-14-8-20-36-34(30)38-33)39-31-15-7-6-13-28(31)29-21-26-11-4-5-12-27(26)22-32(29)39/h1-22H. The van der Waals surface area contributed by atoms with E-state index in [-0.39, 0.29) is 0 Å². The first-order valence-corrected chi connectivity index (χ1v) is 13.0. The molecule has 0 aliphatic carbocycles. The Morgan fingerprint density at radius 3 is 2.03 bits per heavy atom. The average Bonchev–Trinajstić information content (AvgIpc) is 3.33. The number of pyridine rings is 1. The molecule has 0 saturated heterocycles. The molecule has 0 bridgehead atoms. The number of aromatic nitrogens is 4. The number of benzene rings is 5. The summed E-state index contributed by atoms with van der Waals surface area (Å²) in [5, 5.41) is 4.80. The number of fused-ring (bicyclic) bond motifs is 5. The van der Waals surface area contributed by atoms with Crippen LogP contribution < -0.4 is 0 Å². The van der Waals surface area contributed by atoms with Gasteiger partial charge in [-0.15, -0.1) is 0 Å². The molecule has 39 heavy (non-hydrogen) atoms. The molecule has 0 unspecified atom stereocenters. The highest BCUT2D eigenvalue weighted by Gasteiger charge is 2.20. The van der Waals surface area contributed by atoms with Gasteiger partial charge < -0.3 is 0 Å². The molecule has 0 atom stereocenters. The smallest absolute Gasteiger partial charge is 0.178 e. The van der Waals surface area contributed by atoms with Crippen LogP contribution in [-0.4, -0.2) is 19.5 Å². The molecule has 0 aliphatic rings. The van der Waals surface area contributed by atoms with Crippen molar-refractivity contribution < 1.29 is 0 Å². The summed E-state index contributed by atoms with van der Waals surface area (Å²) < 4.78 is 2.26. The summed E-state index contributed by atoms with van der Waals surface area (Å²) in [6.45, 7) is 0. The van der Waals surface area contributed by atoms with Gasteiger partial charge in [-0.25, -0.2) is 15.0 Å². The topological polar surface area (TPSA) is 43.6 Å². The molecule has 0 fully saturated rings. The molecule has 0 N–H and O–H groups in total. The summed E-state index contributed by atoms with van der Waals surface area (Å²) >= 11 is 0. The van der Waals surface area contributed by atoms with Crippen LogP contribution >= 0.6 is 0 Å². The third kappa shape index (κ3) is 3.50. The van der Waals surface area contributed by atoms with Gasteiger partial charge in [0.2, 0.25) is 0 Å². The zero-order valence-electron chi connectivity index (χ0n) is 21.0. The fraction of sp³-hybridized carbons (Fsp3) is 0. The molecule has 4 heteroatoms. The van der Waals surface area contributed by atoms with Crippen LogP contribution in [-0.2, 0) is 0 Å². The molecule has 5 aromatic carbocycles. The van der Waals surface area contributed by atoms with Crippen molar-refractivity contribution in [2.45, 2.75) is 0 Å². The first-order valence-electron chi connectivity index (χ1n) is 13.0. The maximum absolute atomic E-state index is 5.19. The Bertz CT molecular complexity index is 2160. The number of rotatable bonds is 3. The lowest BCUT2D eigenvalue weighted by atomic mass is 10.0. The summed E-state index contributed by atoms with van der Waals surface area (Å²) in [5.41, 5.74) is 7.75. The molecule has 8 aromatic rings. The van der Waals surface area contributed by atoms with E-state index in [1.54, 1.807) is 6.20 Å². The number of nitrogens with zero attached hydrogens (tertiary/aromatic N) is 4. The van der Waals surface area contributed by atoms with E-state index in [0.717, 1.165) is 39.2 Å². The zero-order valence-corrected chi connectivity index (χ0v) is 21.0. The van der Waals surface area contributed by atoms with E-state index in [4.69, 9.17) is 9.97 Å². The van der Waals surface area contributed by atoms with Crippen LogP contribution in [0.15, 0.2) is 134 Å². The lowest BCUT2D eigenvalue weighted by molar-refractivity contribution is 1.07. The highest BCUT2D eigenvalue weighted by atomic mass is 15.1. The zero-order chi connectivity index (χ0) is 25.8. The first-order chi connectivity index (χ1) is 19.3. The van der Waals surface area contributed by atoms with Gasteiger partial charge in [-0.1, -0.05) is 97.1 Å². The molecule has 0 aliphatic heterocycles. The Morgan fingerprint density at radius 2 is 1.18 bits per heavy atom. The third-order valence-corrected chi connectivity index (χ3v) is 7.44. The quantitative estimate of drug-likeness (QED) is 0.245. The maximum atomic E-state index is 5.19. The lowest BCUT2D eigenvalue weighted by Gasteiger charge is -2.14. The monoisotopic (exact) mass is 498 g/mol. The maximum Gasteiger partial charge on any atom is 0.178 e. The summed E-state index contributed by atoms with van der Waals surface area (Å²) in [6.07, 6.45) is 1.77. The number of hydrogen-bond donors (Lipinski definition) is 0. The minimum absolute atomic E-state index is 0.634. The second kappa shape index (κ2) is 8.61. The summed E-state index contributed by atoms with van der Waals surface area (Å²) in [4.78, 5) is 14.8. The van der Waals surface area contributed by atoms with Crippen LogP contribution in [0.25, 0.3) is 71.9 Å². The Hall–Kier alpha value is -5.35. The Balaban J connectivity index is 1.44. The minimum atomic E-state index is 0.634. The molecule has 4 nitrogen and oxygen atoms in total. The van der Waals surface area contributed by atoms with Crippen LogP contribution in [0.1, 0.15) is 0 Å². The largest absolute Gasteiger partial charge is 0.292 e. The first kappa shape index (κ1) is 21.7. The van der Waals surface area contributed by atoms with Gasteiger partial charge in [-0.05, 0) is 52.2 Å². The summed E-state index contributed by atoms with van der Waals surface area (Å²) in [7, 11) is 0. The van der Waals surface area contributed by atoms with Crippen LogP contribution in [0, 0.1) is 0 Å². The van der Waals surface area contributed by atoms with Crippen LogP contribution in [0.4, 0.5) is 0 Å². The van der Waals surface area contributed by atoms with E-state index < -0.39 is 0 Å². The third-order valence-electron chi connectivity index (χ3n) is 7.44. The molecular formula is C35H22N4. The lowest BCUT2D eigenvalue weighted by Crippen LogP contribution is -2.04. The van der Waals surface area contributed by atoms with Gasteiger partial charge in [-0.2, -0.15) is 0 Å². The second-order valence-electron chi connectivity index (χ2n) is 9.75. The molecule has 3 aromatic heterocycles. The molecule has 0 spiro atoms. The van der Waals surface area contributed by atoms with Crippen molar-refractivity contribution in [3.8, 4) is 28.2 Å². The molecule has 3 heterocycles. The van der Waals surface area contributed by atoms with Crippen molar-refractivity contribution in [1.82, 2.24) is 19.5 Å². The SMILES string of the molecule is c1ccc(-c2ccc(-c3nc4ncccc4nc3-n3c4ccccc4c4cc5ccccc5cc43)cc2)cc1. The van der Waals surface area contributed by atoms with E-state index in [1.807, 2.05) is 18.2 Å². The van der Waals surface area contributed by atoms with Crippen molar-refractivity contribution in [2.75, 3.05) is 0 Å². The fourth-order valence-corrected chi connectivity index (χ4v) is 5.57. The van der Waals surface area contributed by atoms with Gasteiger partial charge in [0.15, 0.2) is 11.5 Å². The van der Waals surface area contributed by atoms with Crippen LogP contribution in [0.5, 0.6) is 0 Å². The van der Waals surface area contributed by atoms with E-state index >= 15 is 0 Å². The minimum Gasteiger partial charge on any atom is -0.292 e. The normalized spacial score (nSPS) is 11.6. The van der Waals surface area contributed by atoms with Crippen molar-refractivity contribution in [3.05, 3.63) is 134 Å². The molecule has 182 valence electrons. The molecule has 0 radical (unpaired) electrons. The van der Waals surface area contributed by atoms with Crippen molar-refractivity contribution >= 4 is 43.7 Å². The van der Waals surface area contributed by atoms with Gasteiger partial charge >= 0.3 is 0 Å². The second-order valence-corrected chi connectivity index (χ2v) is 9.75. The Morgan fingerprint density at radius 1 is 0.487 bits per heavy atom. The van der Waals surface area contributed by atoms with E-state index in [0.29, 0.717) is 5.65 Å². The predicted octanol–water partition coefficient (Wildman–Crippen LogP) is 8.61. The fourth-order valence-electron chi connectivity index (χ4n) is 5.57. The number of para-hydroxylation sites is 1. The van der Waals surface area contributed by atoms with Gasteiger partial charge in [0, 0.05) is 22.5 Å². The molecule has 0 saturated carbocycles. The summed E-state index contributed by atoms with van der Waals surface area (Å²) in [6, 6.07) is 44.5. The van der Waals surface area contributed by atoms with Crippen molar-refractivity contribution in [1.29, 1.82) is 0 Å². The van der Waals surface area contributed by atoms with Crippen molar-refractivity contribution in [3.63, 3.8) is 0 Å². The van der Waals surface area contributed by atoms with E-state index in [9.17, 15) is 0 Å². The highest BCUT2D eigenvalue weighted by Crippen LogP contribution is 2.37. The van der Waals surface area contributed by atoms with Gasteiger partial charge in [0.25, 0.3) is 0 Å². The van der Waals surface area contributed by atoms with Gasteiger partial charge in [0.1, 0.15) is 11.2 Å². The highest BCUT2D eigenvalue weighted by molar-refractivity contribution is 6.13. The van der Waals surface area contributed by atoms with Crippen LogP contribution in [0.3, 0.4) is 0 Å². The van der Waals surface area contributed by atoms with E-state index in [1.165, 1.54) is 27.1 Å². The van der Waals surface area contributed by atoms with Gasteiger partial charge in [0.05, 0.1) is 11.0 Å². The summed E-state index contributed by atoms with van der Waals surface area (Å²) in [5.74, 6) is 0.796. The van der Waals surface area contributed by atoms with E-state index in [2.05, 4.69) is 119 Å². The molecule has 8 rings (SSSR count). The average molecular weight is 499 g/mol. The molecule has 0 amide bonds. The number of hydrogen-bond acceptors (Lipinski definition) is 3. The Kier molecular flexibility index (Phi) is 4.79. The Labute approximate surface area is 224 Å². The van der Waals surface area contributed by atoms with Gasteiger partial charge in [-0.3, -0.25) is 4.57 Å².